The van der Waals surface area contributed by atoms with Crippen molar-refractivity contribution in [1.82, 2.24) is 0 Å². The van der Waals surface area contributed by atoms with Crippen molar-refractivity contribution >= 4 is 19.1 Å². The van der Waals surface area contributed by atoms with E-state index in [-0.39, 0.29) is 24.0 Å². The highest BCUT2D eigenvalue weighted by atomic mass is 16.5. The van der Waals surface area contributed by atoms with E-state index in [1.165, 1.54) is 11.0 Å². The maximum absolute atomic E-state index is 6.29. The minimum absolute atomic E-state index is 0.0758. The zero-order chi connectivity index (χ0) is 19.7. The summed E-state index contributed by atoms with van der Waals surface area (Å²) >= 11 is 0. The predicted octanol–water partition coefficient (Wildman–Crippen LogP) is 5.50. The fourth-order valence-electron chi connectivity index (χ4n) is 3.06. The first-order valence-electron chi connectivity index (χ1n) is 9.46. The highest BCUT2D eigenvalue weighted by molar-refractivity contribution is 6.68. The van der Waals surface area contributed by atoms with Gasteiger partial charge in [0.2, 0.25) is 0 Å². The summed E-state index contributed by atoms with van der Waals surface area (Å²) in [4.78, 5) is 0. The lowest BCUT2D eigenvalue weighted by Crippen LogP contribution is -2.36. The molecule has 1 aliphatic heterocycles. The van der Waals surface area contributed by atoms with Gasteiger partial charge < -0.3 is 14.8 Å². The molecule has 1 aliphatic rings. The van der Waals surface area contributed by atoms with Gasteiger partial charge in [0.25, 0.3) is 0 Å². The Labute approximate surface area is 156 Å². The maximum Gasteiger partial charge on any atom is 0.327 e. The van der Waals surface area contributed by atoms with Crippen molar-refractivity contribution in [1.29, 1.82) is 5.41 Å². The summed E-state index contributed by atoms with van der Waals surface area (Å²) in [5.41, 5.74) is 2.67. The van der Waals surface area contributed by atoms with Crippen LogP contribution in [0.4, 0.5) is 0 Å². The minimum atomic E-state index is -0.0758. The van der Waals surface area contributed by atoms with E-state index in [2.05, 4.69) is 65.6 Å². The Balaban J connectivity index is 0.00000134. The number of rotatable bonds is 5. The molecule has 1 aromatic carbocycles. The molecule has 1 N–H and O–H groups in total. The van der Waals surface area contributed by atoms with Crippen molar-refractivity contribution < 1.29 is 9.39 Å². The van der Waals surface area contributed by atoms with Crippen LogP contribution in [0.2, 0.25) is 6.32 Å². The van der Waals surface area contributed by atoms with Gasteiger partial charge in [-0.05, 0) is 49.7 Å². The number of methoxy groups -OCH3 is 1. The number of hydrogen-bond acceptors (Lipinski definition) is 3. The Morgan fingerprint density at radius 1 is 1.16 bits per heavy atom. The fourth-order valence-corrected chi connectivity index (χ4v) is 3.06. The number of nitrogens with one attached hydrogen (secondary N) is 1. The second-order valence-corrected chi connectivity index (χ2v) is 7.38. The summed E-state index contributed by atoms with van der Waals surface area (Å²) in [6, 6.07) is 8.81. The van der Waals surface area contributed by atoms with Gasteiger partial charge >= 0.3 is 6.92 Å². The Bertz CT molecular complexity index is 469. The molecular formula is C21H38BNO2. The summed E-state index contributed by atoms with van der Waals surface area (Å²) < 4.78 is 11.9. The van der Waals surface area contributed by atoms with Crippen LogP contribution >= 0.6 is 0 Å². The quantitative estimate of drug-likeness (QED) is 0.564. The zero-order valence-corrected chi connectivity index (χ0v) is 17.6. The molecule has 0 aromatic heterocycles. The molecule has 1 atom stereocenters. The molecule has 0 amide bonds. The molecule has 4 heteroatoms. The van der Waals surface area contributed by atoms with Crippen LogP contribution in [0, 0.1) is 10.8 Å². The fraction of sp³-hybridized carbons (Fsp3) is 0.667. The maximum atomic E-state index is 6.29. The molecule has 1 unspecified atom stereocenters. The first-order chi connectivity index (χ1) is 11.8. The third-order valence-electron chi connectivity index (χ3n) is 5.28. The van der Waals surface area contributed by atoms with Crippen LogP contribution in [0.1, 0.15) is 73.0 Å². The van der Waals surface area contributed by atoms with Gasteiger partial charge in [0.05, 0.1) is 11.7 Å². The van der Waals surface area contributed by atoms with E-state index in [0.29, 0.717) is 0 Å². The van der Waals surface area contributed by atoms with Gasteiger partial charge in [-0.2, -0.15) is 0 Å². The third kappa shape index (κ3) is 5.97. The summed E-state index contributed by atoms with van der Waals surface area (Å²) in [5, 5.41) is 5.50. The standard InChI is InChI=1S/C18H29BO2.C2H6.CH3N/c1-7-8-16(20-6)14-9-11-15(12-10-14)19-13-17(2,3)18(4,5)21-19;2*1-2/h9-12,16H,7-8,13H2,1-6H3;1-2H3;2H,1H2. The molecule has 0 aliphatic carbocycles. The molecule has 0 saturated carbocycles. The largest absolute Gasteiger partial charge is 0.426 e. The summed E-state index contributed by atoms with van der Waals surface area (Å²) in [7, 11) is 1.79. The van der Waals surface area contributed by atoms with E-state index in [9.17, 15) is 0 Å². The van der Waals surface area contributed by atoms with Crippen LogP contribution in [0.15, 0.2) is 24.3 Å². The van der Waals surface area contributed by atoms with Crippen molar-refractivity contribution in [3.05, 3.63) is 29.8 Å². The van der Waals surface area contributed by atoms with Gasteiger partial charge in [-0.15, -0.1) is 0 Å². The molecular weight excluding hydrogens is 309 g/mol. The Morgan fingerprint density at radius 2 is 1.68 bits per heavy atom. The van der Waals surface area contributed by atoms with Crippen molar-refractivity contribution in [2.75, 3.05) is 7.11 Å². The normalized spacial score (nSPS) is 18.5. The molecule has 2 rings (SSSR count). The molecule has 0 radical (unpaired) electrons. The van der Waals surface area contributed by atoms with Crippen molar-refractivity contribution in [3.63, 3.8) is 0 Å². The van der Waals surface area contributed by atoms with Crippen LogP contribution in [-0.2, 0) is 9.39 Å². The molecule has 142 valence electrons. The van der Waals surface area contributed by atoms with Crippen LogP contribution in [-0.4, -0.2) is 26.3 Å². The van der Waals surface area contributed by atoms with E-state index in [1.54, 1.807) is 7.11 Å². The zero-order valence-electron chi connectivity index (χ0n) is 17.6. The molecule has 1 aromatic rings. The summed E-state index contributed by atoms with van der Waals surface area (Å²) in [5.74, 6) is 0. The average molecular weight is 347 g/mol. The third-order valence-corrected chi connectivity index (χ3v) is 5.28. The molecule has 0 bridgehead atoms. The monoisotopic (exact) mass is 347 g/mol. The van der Waals surface area contributed by atoms with Gasteiger partial charge in [0.15, 0.2) is 0 Å². The molecule has 1 fully saturated rings. The van der Waals surface area contributed by atoms with Crippen molar-refractivity contribution in [2.45, 2.75) is 79.3 Å². The average Bonchev–Trinajstić information content (AvgIpc) is 2.84. The second-order valence-electron chi connectivity index (χ2n) is 7.38. The second kappa shape index (κ2) is 10.8. The number of benzene rings is 1. The molecule has 0 spiro atoms. The van der Waals surface area contributed by atoms with E-state index >= 15 is 0 Å². The predicted molar refractivity (Wildman–Crippen MR) is 111 cm³/mol. The lowest BCUT2D eigenvalue weighted by atomic mass is 9.54. The molecule has 3 nitrogen and oxygen atoms in total. The molecule has 25 heavy (non-hydrogen) atoms. The van der Waals surface area contributed by atoms with Crippen LogP contribution in [0.3, 0.4) is 0 Å². The Kier molecular flexibility index (Phi) is 10.3. The lowest BCUT2D eigenvalue weighted by Gasteiger charge is -2.34. The topological polar surface area (TPSA) is 42.3 Å². The highest BCUT2D eigenvalue weighted by Gasteiger charge is 2.49. The Hall–Kier alpha value is -1.13. The SMILES string of the molecule is C=N.CC.CCCC(OC)c1ccc(B2CC(C)(C)C(C)(C)O2)cc1. The summed E-state index contributed by atoms with van der Waals surface area (Å²) in [6.45, 7) is 17.9. The van der Waals surface area contributed by atoms with Gasteiger partial charge in [0.1, 0.15) is 0 Å². The minimum Gasteiger partial charge on any atom is -0.426 e. The first-order valence-corrected chi connectivity index (χ1v) is 9.46. The van der Waals surface area contributed by atoms with Crippen LogP contribution < -0.4 is 5.46 Å². The van der Waals surface area contributed by atoms with E-state index in [0.717, 1.165) is 19.2 Å². The first kappa shape index (κ1) is 23.9. The lowest BCUT2D eigenvalue weighted by molar-refractivity contribution is 0.0375. The van der Waals surface area contributed by atoms with Crippen molar-refractivity contribution in [3.8, 4) is 0 Å². The van der Waals surface area contributed by atoms with Crippen LogP contribution in [0.5, 0.6) is 0 Å². The van der Waals surface area contributed by atoms with Crippen molar-refractivity contribution in [2.24, 2.45) is 5.41 Å². The smallest absolute Gasteiger partial charge is 0.327 e. The van der Waals surface area contributed by atoms with E-state index < -0.39 is 0 Å². The number of hydrogen-bond donors (Lipinski definition) is 1. The molecule has 1 heterocycles. The van der Waals surface area contributed by atoms with E-state index in [4.69, 9.17) is 14.8 Å². The van der Waals surface area contributed by atoms with Gasteiger partial charge in [-0.25, -0.2) is 0 Å². The van der Waals surface area contributed by atoms with Gasteiger partial charge in [-0.3, -0.25) is 0 Å². The van der Waals surface area contributed by atoms with Crippen LogP contribution in [0.25, 0.3) is 0 Å². The Morgan fingerprint density at radius 3 is 2.04 bits per heavy atom. The van der Waals surface area contributed by atoms with Gasteiger partial charge in [0, 0.05) is 7.11 Å². The summed E-state index contributed by atoms with van der Waals surface area (Å²) in [6.07, 6.45) is 3.48. The molecule has 1 saturated heterocycles. The van der Waals surface area contributed by atoms with E-state index in [1.807, 2.05) is 13.8 Å². The van der Waals surface area contributed by atoms with Gasteiger partial charge in [-0.1, -0.05) is 65.3 Å². The number of ether oxygens (including phenoxy) is 1. The highest BCUT2D eigenvalue weighted by Crippen LogP contribution is 2.45.